The summed E-state index contributed by atoms with van der Waals surface area (Å²) >= 11 is 0. The molecule has 0 N–H and O–H groups in total. The van der Waals surface area contributed by atoms with Crippen molar-refractivity contribution in [2.24, 2.45) is 4.74 Å². The maximum atomic E-state index is 10.2. The molecule has 0 saturated carbocycles. The van der Waals surface area contributed by atoms with Gasteiger partial charge in [-0.25, -0.2) is 0 Å². The fourth-order valence-electron chi connectivity index (χ4n) is 0.754. The molecule has 0 spiro atoms. The number of hydrogen-bond acceptors (Lipinski definition) is 5. The minimum absolute atomic E-state index is 0. The predicted octanol–water partition coefficient (Wildman–Crippen LogP) is -2.06. The summed E-state index contributed by atoms with van der Waals surface area (Å²) in [4.78, 5) is 20.4. The van der Waals surface area contributed by atoms with E-state index < -0.39 is 19.0 Å². The van der Waals surface area contributed by atoms with Crippen molar-refractivity contribution in [3.8, 4) is 0 Å². The topological polar surface area (TPSA) is 92.6 Å². The second-order valence-corrected chi connectivity index (χ2v) is 6.31. The van der Waals surface area contributed by atoms with Crippen molar-refractivity contribution in [3.05, 3.63) is 0 Å². The molecule has 0 bridgehead atoms. The van der Waals surface area contributed by atoms with Crippen molar-refractivity contribution < 1.29 is 85.2 Å². The molecular formula is C6H10NO4PY2-2. The molecule has 14 heavy (non-hydrogen) atoms. The fraction of sp³-hybridized carbons (Fsp3) is 0.667. The normalized spacial score (nSPS) is 9.29. The van der Waals surface area contributed by atoms with Gasteiger partial charge in [0.15, 0.2) is 0 Å². The molecule has 0 aromatic carbocycles. The van der Waals surface area contributed by atoms with Gasteiger partial charge in [0.1, 0.15) is 0 Å². The summed E-state index contributed by atoms with van der Waals surface area (Å²) in [6, 6.07) is 0. The van der Waals surface area contributed by atoms with Crippen molar-refractivity contribution in [2.75, 3.05) is 26.0 Å². The molecular weight excluding hydrogens is 359 g/mol. The summed E-state index contributed by atoms with van der Waals surface area (Å²) in [5.74, 6) is -2.53. The monoisotopic (exact) mass is 369 g/mol. The molecule has 76 valence electrons. The van der Waals surface area contributed by atoms with E-state index in [1.165, 1.54) is 7.05 Å². The first kappa shape index (κ1) is 20.7. The van der Waals surface area contributed by atoms with Crippen molar-refractivity contribution in [1.82, 2.24) is 0 Å². The Labute approximate surface area is 133 Å². The second-order valence-electron chi connectivity index (χ2n) is 2.60. The van der Waals surface area contributed by atoms with Gasteiger partial charge in [-0.1, -0.05) is 0 Å². The smallest absolute Gasteiger partial charge is 0.0471 e. The van der Waals surface area contributed by atoms with E-state index in [9.17, 15) is 19.8 Å². The number of rotatable bonds is 4. The second kappa shape index (κ2) is 9.59. The van der Waals surface area contributed by atoms with Gasteiger partial charge in [-0.15, -0.1) is 0 Å². The first-order valence-electron chi connectivity index (χ1n) is 3.25. The minimum atomic E-state index is -2.26. The van der Waals surface area contributed by atoms with Crippen molar-refractivity contribution in [3.63, 3.8) is 0 Å². The first-order valence-corrected chi connectivity index (χ1v) is 5.81. The Hall–Kier alpha value is 1.38. The van der Waals surface area contributed by atoms with Crippen LogP contribution in [0.4, 0.5) is 0 Å². The summed E-state index contributed by atoms with van der Waals surface area (Å²) in [6.07, 6.45) is -0.588. The third-order valence-corrected chi connectivity index (χ3v) is 4.27. The van der Waals surface area contributed by atoms with Crippen LogP contribution >= 0.6 is 7.05 Å². The van der Waals surface area contributed by atoms with Gasteiger partial charge in [0.05, 0.1) is 0 Å². The average Bonchev–Trinajstić information content (AvgIpc) is 1.83. The summed E-state index contributed by atoms with van der Waals surface area (Å²) in [6.45, 7) is 1.54. The van der Waals surface area contributed by atoms with Crippen molar-refractivity contribution >= 4 is 19.0 Å². The average molecular weight is 369 g/mol. The first-order chi connectivity index (χ1) is 5.39. The zero-order valence-electron chi connectivity index (χ0n) is 8.10. The minimum Gasteiger partial charge on any atom is -0.550 e. The molecule has 0 aromatic heterocycles. The molecule has 0 saturated heterocycles. The number of aliphatic carboxylic acids is 2. The van der Waals surface area contributed by atoms with Crippen LogP contribution < -0.4 is 10.2 Å². The number of nitrogens with zero attached hydrogens (tertiary/aromatic N) is 1. The summed E-state index contributed by atoms with van der Waals surface area (Å²) in [7, 11) is -0.845. The van der Waals surface area contributed by atoms with Crippen LogP contribution in [0.25, 0.3) is 0 Å². The van der Waals surface area contributed by atoms with Gasteiger partial charge in [0.25, 0.3) is 0 Å². The number of carbonyl (C=O) groups is 2. The Balaban J connectivity index is -0.000000605. The van der Waals surface area contributed by atoms with E-state index >= 15 is 0 Å². The molecule has 5 nitrogen and oxygen atoms in total. The van der Waals surface area contributed by atoms with E-state index in [1.807, 2.05) is 0 Å². The van der Waals surface area contributed by atoms with Gasteiger partial charge in [0, 0.05) is 96.7 Å². The van der Waals surface area contributed by atoms with Crippen molar-refractivity contribution in [2.45, 2.75) is 0 Å². The molecule has 0 rings (SSSR count). The van der Waals surface area contributed by atoms with E-state index in [2.05, 4.69) is 4.74 Å². The molecule has 0 aromatic rings. The maximum absolute atomic E-state index is 10.2. The van der Waals surface area contributed by atoms with Crippen LogP contribution in [-0.2, 0) is 75.0 Å². The number of carboxylic acid groups (broad SMARTS) is 2. The number of carboxylic acids is 2. The van der Waals surface area contributed by atoms with Crippen LogP contribution in [0.5, 0.6) is 0 Å². The third-order valence-electron chi connectivity index (χ3n) is 1.42. The summed E-state index contributed by atoms with van der Waals surface area (Å²) < 4.78 is 3.77. The van der Waals surface area contributed by atoms with Crippen molar-refractivity contribution in [1.29, 1.82) is 0 Å². The Bertz CT molecular complexity index is 236. The quantitative estimate of drug-likeness (QED) is 0.533. The summed E-state index contributed by atoms with van der Waals surface area (Å²) in [5, 5.41) is 20.4. The zero-order valence-corrected chi connectivity index (χ0v) is 14.7. The van der Waals surface area contributed by atoms with Gasteiger partial charge in [0.2, 0.25) is 0 Å². The molecule has 0 heterocycles. The SMILES string of the molecule is CN=P(C)(CC(=O)[O-])CC(=O)[O-].[Y].[Y]. The molecule has 8 heteroatoms. The molecule has 0 aliphatic rings. The van der Waals surface area contributed by atoms with E-state index in [4.69, 9.17) is 0 Å². The van der Waals surface area contributed by atoms with Crippen LogP contribution in [0, 0.1) is 0 Å². The Morgan fingerprint density at radius 3 is 1.57 bits per heavy atom. The van der Waals surface area contributed by atoms with Gasteiger partial charge >= 0.3 is 0 Å². The largest absolute Gasteiger partial charge is 0.550 e. The Kier molecular flexibility index (Phi) is 14.2. The van der Waals surface area contributed by atoms with Gasteiger partial charge in [-0.05, 0) is 13.7 Å². The summed E-state index contributed by atoms with van der Waals surface area (Å²) in [5.41, 5.74) is 0. The third kappa shape index (κ3) is 9.91. The predicted molar refractivity (Wildman–Crippen MR) is 40.9 cm³/mol. The van der Waals surface area contributed by atoms with Crippen LogP contribution in [0.2, 0.25) is 0 Å². The molecule has 0 amide bonds. The number of hydrogen-bond donors (Lipinski definition) is 0. The van der Waals surface area contributed by atoms with Crippen LogP contribution in [0.1, 0.15) is 0 Å². The van der Waals surface area contributed by atoms with Crippen LogP contribution in [-0.4, -0.2) is 38.0 Å². The van der Waals surface area contributed by atoms with Gasteiger partial charge in [-0.2, -0.15) is 0 Å². The molecule has 0 aliphatic heterocycles. The molecule has 0 fully saturated rings. The maximum Gasteiger partial charge on any atom is 0.0471 e. The Morgan fingerprint density at radius 2 is 1.43 bits per heavy atom. The molecule has 0 atom stereocenters. The molecule has 2 radical (unpaired) electrons. The zero-order chi connectivity index (χ0) is 9.78. The Morgan fingerprint density at radius 1 is 1.14 bits per heavy atom. The van der Waals surface area contributed by atoms with E-state index in [0.29, 0.717) is 0 Å². The van der Waals surface area contributed by atoms with Gasteiger partial charge in [-0.3, -0.25) is 0 Å². The molecule has 0 unspecified atom stereocenters. The standard InChI is InChI=1S/C6H12NO4P.2Y/c1-7-12(2,3-5(8)9)4-6(10)11;;/h3-4H2,1-2H3,(H,8,9)(H,10,11);;/p-2. The van der Waals surface area contributed by atoms with Gasteiger partial charge < -0.3 is 24.5 Å². The van der Waals surface area contributed by atoms with E-state index in [1.54, 1.807) is 6.66 Å². The van der Waals surface area contributed by atoms with Crippen LogP contribution in [0.3, 0.4) is 0 Å². The van der Waals surface area contributed by atoms with E-state index in [-0.39, 0.29) is 77.7 Å². The van der Waals surface area contributed by atoms with Crippen LogP contribution in [0.15, 0.2) is 4.74 Å². The number of carbonyl (C=O) groups excluding carboxylic acids is 2. The molecule has 0 aliphatic carbocycles. The fourth-order valence-corrected chi connectivity index (χ4v) is 2.26. The van der Waals surface area contributed by atoms with E-state index in [0.717, 1.165) is 0 Å².